The Bertz CT molecular complexity index is 888. The fourth-order valence-electron chi connectivity index (χ4n) is 2.54. The van der Waals surface area contributed by atoms with E-state index >= 15 is 0 Å². The van der Waals surface area contributed by atoms with E-state index in [0.29, 0.717) is 31.1 Å². The second-order valence-electron chi connectivity index (χ2n) is 6.13. The molecular weight excluding hydrogens is 350 g/mol. The highest BCUT2D eigenvalue weighted by atomic mass is 35.5. The monoisotopic (exact) mass is 371 g/mol. The number of nitrogens with two attached hydrogens (primary N) is 1. The summed E-state index contributed by atoms with van der Waals surface area (Å²) in [5.74, 6) is 1.07. The van der Waals surface area contributed by atoms with Crippen LogP contribution >= 0.6 is 12.4 Å². The van der Waals surface area contributed by atoms with Gasteiger partial charge in [-0.2, -0.15) is 4.98 Å². The molecule has 0 spiro atoms. The van der Waals surface area contributed by atoms with Gasteiger partial charge in [0.05, 0.1) is 0 Å². The summed E-state index contributed by atoms with van der Waals surface area (Å²) in [5, 5.41) is 3.99. The highest BCUT2D eigenvalue weighted by Gasteiger charge is 2.12. The van der Waals surface area contributed by atoms with Crippen LogP contribution in [-0.4, -0.2) is 15.9 Å². The molecule has 0 fully saturated rings. The topological polar surface area (TPSA) is 82.0 Å². The fraction of sp³-hybridized carbons (Fsp3) is 0.250. The van der Waals surface area contributed by atoms with Crippen LogP contribution in [0, 0.1) is 13.8 Å². The minimum absolute atomic E-state index is 0. The Balaban J connectivity index is 0.00000243. The molecule has 0 atom stereocenters. The van der Waals surface area contributed by atoms with Gasteiger partial charge in [0.2, 0.25) is 11.7 Å². The fourth-order valence-corrected chi connectivity index (χ4v) is 2.54. The molecule has 0 aliphatic heterocycles. The van der Waals surface area contributed by atoms with Crippen LogP contribution in [0.5, 0.6) is 0 Å². The number of carbonyl (C=O) groups excluding carboxylic acids is 1. The standard InChI is InChI=1S/C20H21N3O2.ClH/c1-13-3-6-17(11-14(13)2)18(24)9-10-19-22-20(23-25-19)16-7-4-15(12-21)5-8-16;/h3-8,11H,9-10,12,21H2,1-2H3;1H. The molecule has 6 heteroatoms. The number of aromatic nitrogens is 2. The van der Waals surface area contributed by atoms with Crippen molar-refractivity contribution in [3.8, 4) is 11.4 Å². The molecule has 0 saturated heterocycles. The van der Waals surface area contributed by atoms with Gasteiger partial charge in [0.1, 0.15) is 0 Å². The van der Waals surface area contributed by atoms with Gasteiger partial charge in [-0.1, -0.05) is 41.6 Å². The van der Waals surface area contributed by atoms with E-state index in [1.165, 1.54) is 5.56 Å². The smallest absolute Gasteiger partial charge is 0.227 e. The van der Waals surface area contributed by atoms with E-state index < -0.39 is 0 Å². The van der Waals surface area contributed by atoms with Gasteiger partial charge in [0, 0.05) is 30.5 Å². The number of benzene rings is 2. The maximum Gasteiger partial charge on any atom is 0.227 e. The van der Waals surface area contributed by atoms with Crippen LogP contribution in [-0.2, 0) is 13.0 Å². The van der Waals surface area contributed by atoms with Crippen molar-refractivity contribution in [2.24, 2.45) is 5.73 Å². The third kappa shape index (κ3) is 4.56. The van der Waals surface area contributed by atoms with Gasteiger partial charge in [0.25, 0.3) is 0 Å². The number of ketones is 1. The van der Waals surface area contributed by atoms with E-state index in [1.807, 2.05) is 56.3 Å². The molecule has 26 heavy (non-hydrogen) atoms. The molecule has 0 unspecified atom stereocenters. The van der Waals surface area contributed by atoms with Crippen LogP contribution in [0.3, 0.4) is 0 Å². The predicted octanol–water partition coefficient (Wildman–Crippen LogP) is 4.05. The maximum atomic E-state index is 12.3. The minimum Gasteiger partial charge on any atom is -0.339 e. The van der Waals surface area contributed by atoms with Crippen LogP contribution < -0.4 is 5.73 Å². The van der Waals surface area contributed by atoms with Crippen molar-refractivity contribution in [3.05, 3.63) is 70.6 Å². The van der Waals surface area contributed by atoms with E-state index in [-0.39, 0.29) is 18.2 Å². The summed E-state index contributed by atoms with van der Waals surface area (Å²) in [6.07, 6.45) is 0.774. The number of rotatable bonds is 6. The van der Waals surface area contributed by atoms with Crippen molar-refractivity contribution in [2.45, 2.75) is 33.2 Å². The first-order valence-electron chi connectivity index (χ1n) is 8.29. The zero-order valence-electron chi connectivity index (χ0n) is 14.9. The summed E-state index contributed by atoms with van der Waals surface area (Å²) in [7, 11) is 0. The van der Waals surface area contributed by atoms with Gasteiger partial charge in [-0.25, -0.2) is 0 Å². The lowest BCUT2D eigenvalue weighted by atomic mass is 10.0. The number of aryl methyl sites for hydroxylation is 3. The van der Waals surface area contributed by atoms with Crippen molar-refractivity contribution < 1.29 is 9.32 Å². The largest absolute Gasteiger partial charge is 0.339 e. The summed E-state index contributed by atoms with van der Waals surface area (Å²) < 4.78 is 5.27. The Morgan fingerprint density at radius 1 is 1.08 bits per heavy atom. The van der Waals surface area contributed by atoms with Crippen molar-refractivity contribution in [1.29, 1.82) is 0 Å². The Morgan fingerprint density at radius 2 is 1.81 bits per heavy atom. The molecule has 3 rings (SSSR count). The van der Waals surface area contributed by atoms with Gasteiger partial charge in [-0.15, -0.1) is 12.4 Å². The van der Waals surface area contributed by atoms with Gasteiger partial charge < -0.3 is 10.3 Å². The van der Waals surface area contributed by atoms with E-state index in [1.54, 1.807) is 0 Å². The number of hydrogen-bond donors (Lipinski definition) is 1. The van der Waals surface area contributed by atoms with E-state index in [2.05, 4.69) is 10.1 Å². The van der Waals surface area contributed by atoms with Gasteiger partial charge in [-0.05, 0) is 36.6 Å². The average molecular weight is 372 g/mol. The molecule has 3 aromatic rings. The molecule has 0 radical (unpaired) electrons. The molecular formula is C20H22ClN3O2. The summed E-state index contributed by atoms with van der Waals surface area (Å²) in [4.78, 5) is 16.7. The lowest BCUT2D eigenvalue weighted by molar-refractivity contribution is 0.0979. The van der Waals surface area contributed by atoms with Crippen LogP contribution in [0.2, 0.25) is 0 Å². The van der Waals surface area contributed by atoms with E-state index in [4.69, 9.17) is 10.3 Å². The molecule has 0 amide bonds. The van der Waals surface area contributed by atoms with E-state index in [9.17, 15) is 4.79 Å². The van der Waals surface area contributed by atoms with Crippen LogP contribution in [0.15, 0.2) is 47.0 Å². The van der Waals surface area contributed by atoms with Crippen molar-refractivity contribution in [3.63, 3.8) is 0 Å². The van der Waals surface area contributed by atoms with E-state index in [0.717, 1.165) is 22.3 Å². The summed E-state index contributed by atoms with van der Waals surface area (Å²) in [6, 6.07) is 13.5. The van der Waals surface area contributed by atoms with Crippen LogP contribution in [0.1, 0.15) is 39.4 Å². The Kier molecular flexibility index (Phi) is 6.66. The molecule has 2 N–H and O–H groups in total. The summed E-state index contributed by atoms with van der Waals surface area (Å²) >= 11 is 0. The van der Waals surface area contributed by atoms with Gasteiger partial charge in [-0.3, -0.25) is 4.79 Å². The average Bonchev–Trinajstić information content (AvgIpc) is 3.11. The maximum absolute atomic E-state index is 12.3. The molecule has 0 aliphatic rings. The lowest BCUT2D eigenvalue weighted by Crippen LogP contribution is -2.02. The Morgan fingerprint density at radius 3 is 2.46 bits per heavy atom. The third-order valence-corrected chi connectivity index (χ3v) is 4.31. The van der Waals surface area contributed by atoms with Crippen molar-refractivity contribution in [1.82, 2.24) is 10.1 Å². The molecule has 1 aromatic heterocycles. The van der Waals surface area contributed by atoms with Crippen molar-refractivity contribution in [2.75, 3.05) is 0 Å². The molecule has 5 nitrogen and oxygen atoms in total. The lowest BCUT2D eigenvalue weighted by Gasteiger charge is -2.03. The normalized spacial score (nSPS) is 10.4. The first-order chi connectivity index (χ1) is 12.1. The number of Topliss-reactive ketones (excluding diaryl/α,β-unsaturated/α-hetero) is 1. The predicted molar refractivity (Wildman–Crippen MR) is 103 cm³/mol. The molecule has 0 aliphatic carbocycles. The second-order valence-corrected chi connectivity index (χ2v) is 6.13. The summed E-state index contributed by atoms with van der Waals surface area (Å²) in [6.45, 7) is 4.54. The van der Waals surface area contributed by atoms with Crippen LogP contribution in [0.4, 0.5) is 0 Å². The molecule has 2 aromatic carbocycles. The minimum atomic E-state index is 0. The molecule has 1 heterocycles. The Labute approximate surface area is 159 Å². The van der Waals surface area contributed by atoms with Crippen molar-refractivity contribution >= 4 is 18.2 Å². The Hall–Kier alpha value is -2.50. The highest BCUT2D eigenvalue weighted by molar-refractivity contribution is 5.96. The highest BCUT2D eigenvalue weighted by Crippen LogP contribution is 2.18. The quantitative estimate of drug-likeness (QED) is 0.661. The molecule has 0 saturated carbocycles. The zero-order valence-corrected chi connectivity index (χ0v) is 15.7. The van der Waals surface area contributed by atoms with Gasteiger partial charge >= 0.3 is 0 Å². The number of halogens is 1. The van der Waals surface area contributed by atoms with Gasteiger partial charge in [0.15, 0.2) is 5.78 Å². The number of nitrogens with zero attached hydrogens (tertiary/aromatic N) is 2. The first-order valence-corrected chi connectivity index (χ1v) is 8.29. The molecule has 136 valence electrons. The number of hydrogen-bond acceptors (Lipinski definition) is 5. The van der Waals surface area contributed by atoms with Crippen LogP contribution in [0.25, 0.3) is 11.4 Å². The third-order valence-electron chi connectivity index (χ3n) is 4.31. The SMILES string of the molecule is Cc1ccc(C(=O)CCc2nc(-c3ccc(CN)cc3)no2)cc1C.Cl. The number of carbonyl (C=O) groups is 1. The zero-order chi connectivity index (χ0) is 17.8. The molecule has 0 bridgehead atoms. The second kappa shape index (κ2) is 8.74. The first kappa shape index (κ1) is 19.8. The summed E-state index contributed by atoms with van der Waals surface area (Å²) in [5.41, 5.74) is 10.5.